The number of hydrogen-bond donors (Lipinski definition) is 0. The summed E-state index contributed by atoms with van der Waals surface area (Å²) in [5, 5.41) is 5.77. The maximum atomic E-state index is 6.35. The van der Waals surface area contributed by atoms with Crippen molar-refractivity contribution >= 4 is 16.6 Å². The van der Waals surface area contributed by atoms with Crippen LogP contribution in [0.15, 0.2) is 24.4 Å². The Morgan fingerprint density at radius 2 is 1.96 bits per heavy atom. The fourth-order valence-electron chi connectivity index (χ4n) is 4.56. The number of hydrogen-bond acceptors (Lipinski definition) is 4. The summed E-state index contributed by atoms with van der Waals surface area (Å²) in [6, 6.07) is 4.75. The van der Waals surface area contributed by atoms with E-state index in [4.69, 9.17) is 21.4 Å². The van der Waals surface area contributed by atoms with Crippen molar-refractivity contribution in [2.45, 2.75) is 57.7 Å². The number of nitrogens with zero attached hydrogens (tertiary/aromatic N) is 4. The largest absolute Gasteiger partial charge is 0.363 e. The molecule has 1 aliphatic carbocycles. The zero-order valence-electron chi connectivity index (χ0n) is 16.6. The lowest BCUT2D eigenvalue weighted by molar-refractivity contribution is -0.150. The van der Waals surface area contributed by atoms with Crippen LogP contribution in [-0.2, 0) is 11.2 Å². The molecule has 1 unspecified atom stereocenters. The van der Waals surface area contributed by atoms with Gasteiger partial charge in [0.25, 0.3) is 0 Å². The van der Waals surface area contributed by atoms with E-state index >= 15 is 0 Å². The first-order chi connectivity index (χ1) is 13.6. The van der Waals surface area contributed by atoms with Crippen molar-refractivity contribution in [1.29, 1.82) is 0 Å². The number of fused-ring (bicyclic) bond motifs is 1. The van der Waals surface area contributed by atoms with Gasteiger partial charge in [-0.05, 0) is 38.8 Å². The van der Waals surface area contributed by atoms with Gasteiger partial charge < -0.3 is 4.74 Å². The highest BCUT2D eigenvalue weighted by molar-refractivity contribution is 6.49. The van der Waals surface area contributed by atoms with E-state index in [0.29, 0.717) is 18.2 Å². The van der Waals surface area contributed by atoms with E-state index in [2.05, 4.69) is 40.5 Å². The van der Waals surface area contributed by atoms with Crippen molar-refractivity contribution < 1.29 is 4.74 Å². The van der Waals surface area contributed by atoms with Gasteiger partial charge in [0.15, 0.2) is 0 Å². The lowest BCUT2D eigenvalue weighted by atomic mass is 9.92. The Morgan fingerprint density at radius 3 is 2.64 bits per heavy atom. The summed E-state index contributed by atoms with van der Waals surface area (Å²) in [6.45, 7) is 7.54. The molecule has 0 spiro atoms. The van der Waals surface area contributed by atoms with Crippen LogP contribution in [0.1, 0.15) is 62.0 Å². The number of rotatable bonds is 4. The quantitative estimate of drug-likeness (QED) is 0.755. The molecule has 0 amide bonds. The predicted octanol–water partition coefficient (Wildman–Crippen LogP) is 4.59. The van der Waals surface area contributed by atoms with Crippen LogP contribution in [0.3, 0.4) is 0 Å². The number of ether oxygens (including phenoxy) is 1. The van der Waals surface area contributed by atoms with Gasteiger partial charge in [0.05, 0.1) is 18.0 Å². The second-order valence-corrected chi connectivity index (χ2v) is 8.80. The molecule has 2 saturated heterocycles. The predicted molar refractivity (Wildman–Crippen MR) is 111 cm³/mol. The lowest BCUT2D eigenvalue weighted by Crippen LogP contribution is -2.48. The minimum atomic E-state index is 0.336. The van der Waals surface area contributed by atoms with Gasteiger partial charge in [-0.3, -0.25) is 14.6 Å². The fraction of sp³-hybridized carbons (Fsp3) is 0.545. The molecule has 4 heterocycles. The van der Waals surface area contributed by atoms with E-state index in [-0.39, 0.29) is 0 Å². The van der Waals surface area contributed by atoms with Gasteiger partial charge >= 0.3 is 0 Å². The third-order valence-electron chi connectivity index (χ3n) is 6.28. The molecule has 2 aromatic rings. The molecule has 28 heavy (non-hydrogen) atoms. The maximum absolute atomic E-state index is 6.35. The molecule has 2 fully saturated rings. The Balaban J connectivity index is 1.41. The molecular formula is C22H27ClN4O. The average molecular weight is 399 g/mol. The fourth-order valence-corrected chi connectivity index (χ4v) is 4.80. The van der Waals surface area contributed by atoms with E-state index < -0.39 is 0 Å². The van der Waals surface area contributed by atoms with E-state index in [1.165, 1.54) is 12.1 Å². The summed E-state index contributed by atoms with van der Waals surface area (Å²) in [5.74, 6) is 0.547. The van der Waals surface area contributed by atoms with Crippen molar-refractivity contribution in [3.05, 3.63) is 41.4 Å². The number of halogens is 1. The third-order valence-corrected chi connectivity index (χ3v) is 6.64. The second-order valence-electron chi connectivity index (χ2n) is 8.39. The Labute approximate surface area is 171 Å². The maximum Gasteiger partial charge on any atom is 0.112 e. The number of pyridine rings is 1. The Kier molecular flexibility index (Phi) is 4.77. The molecule has 1 atom stereocenters. The SMILES string of the molecule is CC(C)n1nc(-c2cnc3c(c2)C(Cl)=CC3)cc1C1CCN(C2CCO2)CC1. The van der Waals surface area contributed by atoms with Crippen LogP contribution in [0, 0.1) is 0 Å². The Morgan fingerprint density at radius 1 is 1.18 bits per heavy atom. The van der Waals surface area contributed by atoms with Crippen molar-refractivity contribution in [2.75, 3.05) is 19.7 Å². The summed E-state index contributed by atoms with van der Waals surface area (Å²) < 4.78 is 7.87. The zero-order chi connectivity index (χ0) is 19.3. The molecule has 148 valence electrons. The lowest BCUT2D eigenvalue weighted by Gasteiger charge is -2.41. The van der Waals surface area contributed by atoms with Gasteiger partial charge in [0, 0.05) is 65.9 Å². The zero-order valence-corrected chi connectivity index (χ0v) is 17.3. The molecule has 5 nitrogen and oxygen atoms in total. The van der Waals surface area contributed by atoms with Crippen LogP contribution in [0.25, 0.3) is 16.3 Å². The summed E-state index contributed by atoms with van der Waals surface area (Å²) in [7, 11) is 0. The van der Waals surface area contributed by atoms with E-state index in [1.54, 1.807) is 0 Å². The van der Waals surface area contributed by atoms with Crippen molar-refractivity contribution in [3.8, 4) is 11.3 Å². The van der Waals surface area contributed by atoms with Crippen molar-refractivity contribution in [1.82, 2.24) is 19.7 Å². The first-order valence-electron chi connectivity index (χ1n) is 10.4. The van der Waals surface area contributed by atoms with Gasteiger partial charge in [-0.15, -0.1) is 0 Å². The van der Waals surface area contributed by atoms with Gasteiger partial charge in [-0.25, -0.2) is 0 Å². The third kappa shape index (κ3) is 3.19. The molecule has 6 heteroatoms. The minimum Gasteiger partial charge on any atom is -0.363 e. The van der Waals surface area contributed by atoms with Crippen LogP contribution in [-0.4, -0.2) is 45.6 Å². The van der Waals surface area contributed by atoms with Crippen LogP contribution in [0.5, 0.6) is 0 Å². The molecule has 2 aliphatic heterocycles. The summed E-state index contributed by atoms with van der Waals surface area (Å²) in [4.78, 5) is 7.12. The normalized spacial score (nSPS) is 23.0. The van der Waals surface area contributed by atoms with Gasteiger partial charge in [0.1, 0.15) is 6.23 Å². The van der Waals surface area contributed by atoms with Gasteiger partial charge in [-0.2, -0.15) is 5.10 Å². The second kappa shape index (κ2) is 7.29. The minimum absolute atomic E-state index is 0.336. The standard InChI is InChI=1S/C22H27ClN4O/c1-14(2)27-21(15-5-8-26(9-6-15)22-7-10-28-22)12-20(25-27)16-11-17-18(23)3-4-19(17)24-13-16/h3,11-15,22H,4-10H2,1-2H3. The van der Waals surface area contributed by atoms with E-state index in [0.717, 1.165) is 66.5 Å². The van der Waals surface area contributed by atoms with Gasteiger partial charge in [-0.1, -0.05) is 17.7 Å². The Hall–Kier alpha value is -1.69. The summed E-state index contributed by atoms with van der Waals surface area (Å²) in [5.41, 5.74) is 5.51. The van der Waals surface area contributed by atoms with Crippen LogP contribution >= 0.6 is 11.6 Å². The first kappa shape index (κ1) is 18.3. The molecule has 0 saturated carbocycles. The molecule has 0 aromatic carbocycles. The number of allylic oxidation sites excluding steroid dienone is 1. The molecule has 3 aliphatic rings. The van der Waals surface area contributed by atoms with Crippen LogP contribution in [0.4, 0.5) is 0 Å². The summed E-state index contributed by atoms with van der Waals surface area (Å²) >= 11 is 6.35. The topological polar surface area (TPSA) is 43.2 Å². The highest BCUT2D eigenvalue weighted by Crippen LogP contribution is 2.36. The molecule has 2 aromatic heterocycles. The van der Waals surface area contributed by atoms with Crippen molar-refractivity contribution in [3.63, 3.8) is 0 Å². The highest BCUT2D eigenvalue weighted by Gasteiger charge is 2.31. The smallest absolute Gasteiger partial charge is 0.112 e. The monoisotopic (exact) mass is 398 g/mol. The van der Waals surface area contributed by atoms with Crippen molar-refractivity contribution in [2.24, 2.45) is 0 Å². The molecule has 0 N–H and O–H groups in total. The number of piperidine rings is 1. The Bertz CT molecular complexity index is 907. The summed E-state index contributed by atoms with van der Waals surface area (Å²) in [6.07, 6.45) is 8.66. The van der Waals surface area contributed by atoms with Gasteiger partial charge in [0.2, 0.25) is 0 Å². The molecular weight excluding hydrogens is 372 g/mol. The van der Waals surface area contributed by atoms with E-state index in [9.17, 15) is 0 Å². The molecule has 5 rings (SSSR count). The van der Waals surface area contributed by atoms with Crippen LogP contribution in [0.2, 0.25) is 0 Å². The number of aromatic nitrogens is 3. The van der Waals surface area contributed by atoms with E-state index in [1.807, 2.05) is 12.3 Å². The molecule has 0 bridgehead atoms. The van der Waals surface area contributed by atoms with Crippen LogP contribution < -0.4 is 0 Å². The number of likely N-dealkylation sites (tertiary alicyclic amines) is 1. The average Bonchev–Trinajstić information content (AvgIpc) is 3.25. The highest BCUT2D eigenvalue weighted by atomic mass is 35.5. The molecule has 0 radical (unpaired) electrons. The first-order valence-corrected chi connectivity index (χ1v) is 10.8.